The van der Waals surface area contributed by atoms with Crippen LogP contribution in [0.2, 0.25) is 0 Å². The Morgan fingerprint density at radius 1 is 1.00 bits per heavy atom. The number of phenols is 1. The number of likely N-dealkylation sites (tertiary alicyclic amines) is 1. The molecule has 1 aliphatic carbocycles. The van der Waals surface area contributed by atoms with E-state index in [4.69, 9.17) is 0 Å². The van der Waals surface area contributed by atoms with E-state index < -0.39 is 0 Å². The zero-order chi connectivity index (χ0) is 12.4. The van der Waals surface area contributed by atoms with Crippen LogP contribution in [0.3, 0.4) is 0 Å². The van der Waals surface area contributed by atoms with E-state index >= 15 is 0 Å². The van der Waals surface area contributed by atoms with Crippen molar-refractivity contribution in [3.63, 3.8) is 0 Å². The molecule has 1 fully saturated rings. The average molecular weight is 245 g/mol. The first-order valence-electron chi connectivity index (χ1n) is 7.40. The van der Waals surface area contributed by atoms with Crippen LogP contribution in [-0.2, 0) is 6.42 Å². The molecule has 98 valence electrons. The molecule has 1 aromatic rings. The Kier molecular flexibility index (Phi) is 3.55. The van der Waals surface area contributed by atoms with Crippen molar-refractivity contribution in [2.75, 3.05) is 13.1 Å². The van der Waals surface area contributed by atoms with E-state index in [0.29, 0.717) is 11.8 Å². The summed E-state index contributed by atoms with van der Waals surface area (Å²) in [6, 6.07) is 6.52. The molecule has 1 N–H and O–H groups in total. The first-order chi connectivity index (χ1) is 8.84. The van der Waals surface area contributed by atoms with Gasteiger partial charge in [-0.25, -0.2) is 0 Å². The average Bonchev–Trinajstić information content (AvgIpc) is 2.67. The molecule has 3 rings (SSSR count). The quantitative estimate of drug-likeness (QED) is 0.816. The van der Waals surface area contributed by atoms with Crippen LogP contribution in [0.5, 0.6) is 5.75 Å². The number of nitrogens with zero attached hydrogens (tertiary/aromatic N) is 1. The minimum absolute atomic E-state index is 0.426. The number of aromatic hydroxyl groups is 1. The predicted molar refractivity (Wildman–Crippen MR) is 73.8 cm³/mol. The highest BCUT2D eigenvalue weighted by atomic mass is 16.3. The molecule has 1 aliphatic heterocycles. The lowest BCUT2D eigenvalue weighted by Gasteiger charge is -2.35. The molecule has 0 amide bonds. The Hall–Kier alpha value is -1.02. The lowest BCUT2D eigenvalue weighted by Crippen LogP contribution is -2.32. The Bertz CT molecular complexity index is 408. The monoisotopic (exact) mass is 245 g/mol. The van der Waals surface area contributed by atoms with Crippen LogP contribution in [0.4, 0.5) is 0 Å². The minimum atomic E-state index is 0.426. The number of aryl methyl sites for hydroxylation is 1. The Morgan fingerprint density at radius 2 is 1.78 bits per heavy atom. The molecule has 18 heavy (non-hydrogen) atoms. The molecule has 2 aliphatic rings. The van der Waals surface area contributed by atoms with Gasteiger partial charge in [0, 0.05) is 6.04 Å². The summed E-state index contributed by atoms with van der Waals surface area (Å²) in [6.45, 7) is 2.47. The van der Waals surface area contributed by atoms with Crippen LogP contribution >= 0.6 is 0 Å². The number of benzene rings is 1. The molecule has 0 spiro atoms. The molecule has 2 nitrogen and oxygen atoms in total. The summed E-state index contributed by atoms with van der Waals surface area (Å²) in [5, 5.41) is 9.74. The Balaban J connectivity index is 1.87. The van der Waals surface area contributed by atoms with Crippen LogP contribution in [0, 0.1) is 0 Å². The van der Waals surface area contributed by atoms with Gasteiger partial charge in [0.15, 0.2) is 0 Å². The molecule has 1 unspecified atom stereocenters. The van der Waals surface area contributed by atoms with Crippen molar-refractivity contribution in [1.82, 2.24) is 4.90 Å². The molecule has 2 heteroatoms. The Labute approximate surface area is 110 Å². The largest absolute Gasteiger partial charge is 0.508 e. The molecule has 0 saturated carbocycles. The lowest BCUT2D eigenvalue weighted by atomic mass is 9.86. The zero-order valence-electron chi connectivity index (χ0n) is 11.1. The second-order valence-electron chi connectivity index (χ2n) is 5.74. The summed E-state index contributed by atoms with van der Waals surface area (Å²) in [6.07, 6.45) is 9.18. The number of hydrogen-bond acceptors (Lipinski definition) is 2. The van der Waals surface area contributed by atoms with E-state index in [0.717, 1.165) is 0 Å². The van der Waals surface area contributed by atoms with E-state index in [1.54, 1.807) is 0 Å². The van der Waals surface area contributed by atoms with Crippen LogP contribution in [0.15, 0.2) is 18.2 Å². The van der Waals surface area contributed by atoms with Gasteiger partial charge < -0.3 is 5.11 Å². The van der Waals surface area contributed by atoms with Crippen molar-refractivity contribution >= 4 is 0 Å². The maximum atomic E-state index is 9.74. The van der Waals surface area contributed by atoms with Crippen molar-refractivity contribution in [3.8, 4) is 5.75 Å². The van der Waals surface area contributed by atoms with Gasteiger partial charge in [-0.3, -0.25) is 4.90 Å². The van der Waals surface area contributed by atoms with Gasteiger partial charge in [0.05, 0.1) is 0 Å². The number of fused-ring (bicyclic) bond motifs is 1. The van der Waals surface area contributed by atoms with Crippen molar-refractivity contribution in [2.24, 2.45) is 0 Å². The van der Waals surface area contributed by atoms with Gasteiger partial charge in [0.2, 0.25) is 0 Å². The molecular formula is C16H23NO. The van der Waals surface area contributed by atoms with Crippen molar-refractivity contribution in [1.29, 1.82) is 0 Å². The highest BCUT2D eigenvalue weighted by Gasteiger charge is 2.26. The fourth-order valence-corrected chi connectivity index (χ4v) is 3.55. The summed E-state index contributed by atoms with van der Waals surface area (Å²) in [5.74, 6) is 0.426. The maximum Gasteiger partial charge on any atom is 0.115 e. The summed E-state index contributed by atoms with van der Waals surface area (Å²) >= 11 is 0. The topological polar surface area (TPSA) is 23.5 Å². The second kappa shape index (κ2) is 5.31. The van der Waals surface area contributed by atoms with Gasteiger partial charge in [-0.1, -0.05) is 18.9 Å². The normalized spacial score (nSPS) is 25.4. The molecule has 1 aromatic carbocycles. The van der Waals surface area contributed by atoms with E-state index in [2.05, 4.69) is 11.0 Å². The van der Waals surface area contributed by atoms with Crippen molar-refractivity contribution in [3.05, 3.63) is 29.3 Å². The third kappa shape index (κ3) is 2.39. The van der Waals surface area contributed by atoms with E-state index in [1.807, 2.05) is 12.1 Å². The number of hydrogen-bond donors (Lipinski definition) is 1. The fourth-order valence-electron chi connectivity index (χ4n) is 3.55. The molecule has 0 radical (unpaired) electrons. The molecule has 0 bridgehead atoms. The third-order valence-electron chi connectivity index (χ3n) is 4.49. The first-order valence-corrected chi connectivity index (χ1v) is 7.40. The summed E-state index contributed by atoms with van der Waals surface area (Å²) in [4.78, 5) is 2.66. The number of phenolic OH excluding ortho intramolecular Hbond substituents is 1. The summed E-state index contributed by atoms with van der Waals surface area (Å²) in [5.41, 5.74) is 2.84. The molecule has 1 atom stereocenters. The van der Waals surface area contributed by atoms with Gasteiger partial charge in [0.1, 0.15) is 5.75 Å². The molecule has 1 heterocycles. The second-order valence-corrected chi connectivity index (χ2v) is 5.74. The van der Waals surface area contributed by atoms with Crippen LogP contribution < -0.4 is 0 Å². The smallest absolute Gasteiger partial charge is 0.115 e. The highest BCUT2D eigenvalue weighted by molar-refractivity contribution is 5.38. The van der Waals surface area contributed by atoms with E-state index in [1.165, 1.54) is 69.2 Å². The van der Waals surface area contributed by atoms with Crippen LogP contribution in [0.1, 0.15) is 55.7 Å². The molecule has 0 aromatic heterocycles. The standard InChI is InChI=1S/C16H23NO/c18-14-9-8-13-6-5-7-16(15(13)12-14)17-10-3-1-2-4-11-17/h8-9,12,16,18H,1-7,10-11H2. The van der Waals surface area contributed by atoms with Gasteiger partial charge in [-0.15, -0.1) is 0 Å². The Morgan fingerprint density at radius 3 is 2.56 bits per heavy atom. The highest BCUT2D eigenvalue weighted by Crippen LogP contribution is 2.37. The van der Waals surface area contributed by atoms with Crippen LogP contribution in [0.25, 0.3) is 0 Å². The summed E-state index contributed by atoms with van der Waals surface area (Å²) in [7, 11) is 0. The van der Waals surface area contributed by atoms with Gasteiger partial charge in [-0.2, -0.15) is 0 Å². The summed E-state index contributed by atoms with van der Waals surface area (Å²) < 4.78 is 0. The molecular weight excluding hydrogens is 222 g/mol. The third-order valence-corrected chi connectivity index (χ3v) is 4.49. The predicted octanol–water partition coefficient (Wildman–Crippen LogP) is 3.65. The van der Waals surface area contributed by atoms with E-state index in [9.17, 15) is 5.11 Å². The molecule has 1 saturated heterocycles. The van der Waals surface area contributed by atoms with Gasteiger partial charge in [-0.05, 0) is 68.5 Å². The minimum Gasteiger partial charge on any atom is -0.508 e. The van der Waals surface area contributed by atoms with Gasteiger partial charge in [0.25, 0.3) is 0 Å². The van der Waals surface area contributed by atoms with Crippen molar-refractivity contribution < 1.29 is 5.11 Å². The zero-order valence-corrected chi connectivity index (χ0v) is 11.1. The number of rotatable bonds is 1. The van der Waals surface area contributed by atoms with Crippen molar-refractivity contribution in [2.45, 2.75) is 51.0 Å². The first kappa shape index (κ1) is 12.0. The van der Waals surface area contributed by atoms with E-state index in [-0.39, 0.29) is 0 Å². The SMILES string of the molecule is Oc1ccc2c(c1)C(N1CCCCCC1)CCC2. The van der Waals surface area contributed by atoms with Crippen LogP contribution in [-0.4, -0.2) is 23.1 Å². The lowest BCUT2D eigenvalue weighted by molar-refractivity contribution is 0.185. The fraction of sp³-hybridized carbons (Fsp3) is 0.625. The van der Waals surface area contributed by atoms with Gasteiger partial charge >= 0.3 is 0 Å². The maximum absolute atomic E-state index is 9.74.